The maximum Gasteiger partial charge on any atom is 0.357 e. The van der Waals surface area contributed by atoms with Gasteiger partial charge in [0.2, 0.25) is 0 Å². The highest BCUT2D eigenvalue weighted by Gasteiger charge is 2.30. The Hall–Kier alpha value is -1.14. The molecule has 0 bridgehead atoms. The standard InChI is InChI=1S/C11H16N2O3S/c1-3-16-8-4-7(5-8)12-11-13-9(6-17-11)10(14)15-2/h6-8H,3-5H2,1-2H3,(H,12,13). The molecule has 17 heavy (non-hydrogen) atoms. The van der Waals surface area contributed by atoms with Crippen LogP contribution >= 0.6 is 11.3 Å². The number of hydrogen-bond acceptors (Lipinski definition) is 6. The van der Waals surface area contributed by atoms with Crippen LogP contribution in [0.4, 0.5) is 5.13 Å². The topological polar surface area (TPSA) is 60.5 Å². The van der Waals surface area contributed by atoms with Crippen molar-refractivity contribution in [2.45, 2.75) is 31.9 Å². The van der Waals surface area contributed by atoms with E-state index in [0.717, 1.165) is 24.6 Å². The fourth-order valence-corrected chi connectivity index (χ4v) is 2.53. The lowest BCUT2D eigenvalue weighted by molar-refractivity contribution is 0.00298. The number of aromatic nitrogens is 1. The second-order valence-electron chi connectivity index (χ2n) is 3.92. The van der Waals surface area contributed by atoms with Gasteiger partial charge in [0.1, 0.15) is 0 Å². The van der Waals surface area contributed by atoms with Crippen LogP contribution in [-0.2, 0) is 9.47 Å². The summed E-state index contributed by atoms with van der Waals surface area (Å²) in [5.41, 5.74) is 0.362. The third kappa shape index (κ3) is 2.95. The number of ether oxygens (including phenoxy) is 2. The molecule has 1 aromatic rings. The molecule has 0 aliphatic heterocycles. The van der Waals surface area contributed by atoms with Crippen molar-refractivity contribution < 1.29 is 14.3 Å². The average Bonchev–Trinajstić information content (AvgIpc) is 2.74. The SMILES string of the molecule is CCOC1CC(Nc2nc(C(=O)OC)cs2)C1. The number of methoxy groups -OCH3 is 1. The maximum atomic E-state index is 11.2. The molecule has 0 unspecified atom stereocenters. The van der Waals surface area contributed by atoms with Crippen molar-refractivity contribution in [2.75, 3.05) is 19.0 Å². The molecular formula is C11H16N2O3S. The fraction of sp³-hybridized carbons (Fsp3) is 0.636. The molecular weight excluding hydrogens is 240 g/mol. The number of nitrogens with one attached hydrogen (secondary N) is 1. The predicted octanol–water partition coefficient (Wildman–Crippen LogP) is 1.91. The molecule has 1 aliphatic rings. The van der Waals surface area contributed by atoms with Crippen molar-refractivity contribution in [1.82, 2.24) is 4.98 Å². The molecule has 1 saturated carbocycles. The van der Waals surface area contributed by atoms with E-state index in [2.05, 4.69) is 15.0 Å². The van der Waals surface area contributed by atoms with E-state index in [1.165, 1.54) is 18.4 Å². The second-order valence-corrected chi connectivity index (χ2v) is 4.78. The molecule has 94 valence electrons. The molecule has 1 N–H and O–H groups in total. The molecule has 0 radical (unpaired) electrons. The smallest absolute Gasteiger partial charge is 0.357 e. The summed E-state index contributed by atoms with van der Waals surface area (Å²) < 4.78 is 10.1. The lowest BCUT2D eigenvalue weighted by Crippen LogP contribution is -2.40. The highest BCUT2D eigenvalue weighted by Crippen LogP contribution is 2.28. The Kier molecular flexibility index (Phi) is 3.96. The molecule has 1 aliphatic carbocycles. The molecule has 1 aromatic heterocycles. The first kappa shape index (κ1) is 12.3. The van der Waals surface area contributed by atoms with Gasteiger partial charge in [-0.1, -0.05) is 0 Å². The van der Waals surface area contributed by atoms with Crippen LogP contribution in [0.3, 0.4) is 0 Å². The predicted molar refractivity (Wildman–Crippen MR) is 65.5 cm³/mol. The molecule has 0 amide bonds. The van der Waals surface area contributed by atoms with Gasteiger partial charge in [0.15, 0.2) is 10.8 Å². The molecule has 0 aromatic carbocycles. The van der Waals surface area contributed by atoms with Gasteiger partial charge in [0, 0.05) is 18.0 Å². The van der Waals surface area contributed by atoms with Crippen LogP contribution in [0, 0.1) is 0 Å². The summed E-state index contributed by atoms with van der Waals surface area (Å²) in [5, 5.41) is 5.76. The van der Waals surface area contributed by atoms with Crippen molar-refractivity contribution in [3.8, 4) is 0 Å². The van der Waals surface area contributed by atoms with E-state index in [1.807, 2.05) is 6.92 Å². The van der Waals surface area contributed by atoms with Crippen molar-refractivity contribution in [3.63, 3.8) is 0 Å². The van der Waals surface area contributed by atoms with Gasteiger partial charge < -0.3 is 14.8 Å². The first-order chi connectivity index (χ1) is 8.22. The Morgan fingerprint density at radius 2 is 2.41 bits per heavy atom. The third-order valence-electron chi connectivity index (χ3n) is 2.72. The molecule has 1 heterocycles. The van der Waals surface area contributed by atoms with Crippen LogP contribution in [0.25, 0.3) is 0 Å². The zero-order valence-corrected chi connectivity index (χ0v) is 10.8. The molecule has 0 atom stereocenters. The van der Waals surface area contributed by atoms with Gasteiger partial charge in [-0.3, -0.25) is 0 Å². The monoisotopic (exact) mass is 256 g/mol. The van der Waals surface area contributed by atoms with E-state index in [0.29, 0.717) is 17.8 Å². The summed E-state index contributed by atoms with van der Waals surface area (Å²) >= 11 is 1.42. The second kappa shape index (κ2) is 5.46. The van der Waals surface area contributed by atoms with Crippen molar-refractivity contribution >= 4 is 22.4 Å². The van der Waals surface area contributed by atoms with Crippen LogP contribution in [0.2, 0.25) is 0 Å². The quantitative estimate of drug-likeness (QED) is 0.815. The molecule has 0 spiro atoms. The Labute approximate surface area is 104 Å². The van der Waals surface area contributed by atoms with Crippen molar-refractivity contribution in [3.05, 3.63) is 11.1 Å². The van der Waals surface area contributed by atoms with E-state index in [4.69, 9.17) is 4.74 Å². The number of anilines is 1. The first-order valence-corrected chi connectivity index (χ1v) is 6.53. The van der Waals surface area contributed by atoms with E-state index in [1.54, 1.807) is 5.38 Å². The summed E-state index contributed by atoms with van der Waals surface area (Å²) in [6.07, 6.45) is 2.37. The first-order valence-electron chi connectivity index (χ1n) is 5.65. The van der Waals surface area contributed by atoms with Gasteiger partial charge in [0.25, 0.3) is 0 Å². The van der Waals surface area contributed by atoms with E-state index < -0.39 is 5.97 Å². The highest BCUT2D eigenvalue weighted by atomic mass is 32.1. The zero-order chi connectivity index (χ0) is 12.3. The Balaban J connectivity index is 1.81. The lowest BCUT2D eigenvalue weighted by atomic mass is 9.89. The summed E-state index contributed by atoms with van der Waals surface area (Å²) in [6.45, 7) is 2.77. The largest absolute Gasteiger partial charge is 0.464 e. The Bertz CT molecular complexity index is 388. The van der Waals surface area contributed by atoms with Gasteiger partial charge >= 0.3 is 5.97 Å². The van der Waals surface area contributed by atoms with Gasteiger partial charge in [-0.2, -0.15) is 0 Å². The highest BCUT2D eigenvalue weighted by molar-refractivity contribution is 7.13. The van der Waals surface area contributed by atoms with Crippen LogP contribution in [0.1, 0.15) is 30.3 Å². The molecule has 2 rings (SSSR count). The minimum Gasteiger partial charge on any atom is -0.464 e. The number of thiazole rings is 1. The van der Waals surface area contributed by atoms with Gasteiger partial charge in [-0.15, -0.1) is 11.3 Å². The zero-order valence-electron chi connectivity index (χ0n) is 9.93. The number of nitrogens with zero attached hydrogens (tertiary/aromatic N) is 1. The minimum absolute atomic E-state index is 0.362. The number of rotatable bonds is 5. The summed E-state index contributed by atoms with van der Waals surface area (Å²) in [4.78, 5) is 15.4. The third-order valence-corrected chi connectivity index (χ3v) is 3.50. The lowest BCUT2D eigenvalue weighted by Gasteiger charge is -2.35. The van der Waals surface area contributed by atoms with Crippen LogP contribution in [-0.4, -0.2) is 36.8 Å². The van der Waals surface area contributed by atoms with Gasteiger partial charge in [0.05, 0.1) is 13.2 Å². The Morgan fingerprint density at radius 3 is 3.06 bits per heavy atom. The number of carbonyl (C=O) groups is 1. The minimum atomic E-state index is -0.393. The van der Waals surface area contributed by atoms with Crippen LogP contribution in [0.15, 0.2) is 5.38 Å². The van der Waals surface area contributed by atoms with Gasteiger partial charge in [-0.25, -0.2) is 9.78 Å². The van der Waals surface area contributed by atoms with E-state index in [9.17, 15) is 4.79 Å². The normalized spacial score (nSPS) is 22.9. The molecule has 1 fully saturated rings. The average molecular weight is 256 g/mol. The van der Waals surface area contributed by atoms with E-state index >= 15 is 0 Å². The molecule has 5 nitrogen and oxygen atoms in total. The van der Waals surface area contributed by atoms with Crippen molar-refractivity contribution in [2.24, 2.45) is 0 Å². The number of hydrogen-bond donors (Lipinski definition) is 1. The summed E-state index contributed by atoms with van der Waals surface area (Å²) in [6, 6.07) is 0.406. The van der Waals surface area contributed by atoms with Gasteiger partial charge in [-0.05, 0) is 19.8 Å². The fourth-order valence-electron chi connectivity index (χ4n) is 1.77. The van der Waals surface area contributed by atoms with Crippen LogP contribution in [0.5, 0.6) is 0 Å². The van der Waals surface area contributed by atoms with E-state index in [-0.39, 0.29) is 0 Å². The Morgan fingerprint density at radius 1 is 1.65 bits per heavy atom. The summed E-state index contributed by atoms with van der Waals surface area (Å²) in [5.74, 6) is -0.393. The maximum absolute atomic E-state index is 11.2. The number of carbonyl (C=O) groups excluding carboxylic acids is 1. The summed E-state index contributed by atoms with van der Waals surface area (Å²) in [7, 11) is 1.35. The van der Waals surface area contributed by atoms with Crippen molar-refractivity contribution in [1.29, 1.82) is 0 Å². The molecule has 6 heteroatoms. The number of esters is 1. The molecule has 0 saturated heterocycles. The van der Waals surface area contributed by atoms with Crippen LogP contribution < -0.4 is 5.32 Å².